The number of carbonyl (C=O) groups excluding carboxylic acids is 1. The first kappa shape index (κ1) is 14.8. The molecule has 0 aliphatic heterocycles. The van der Waals surface area contributed by atoms with Gasteiger partial charge in [0.25, 0.3) is 0 Å². The summed E-state index contributed by atoms with van der Waals surface area (Å²) in [5.41, 5.74) is -0.950. The Morgan fingerprint density at radius 1 is 1.39 bits per heavy atom. The summed E-state index contributed by atoms with van der Waals surface area (Å²) in [6, 6.07) is 2.98. The van der Waals surface area contributed by atoms with Crippen LogP contribution in [0.1, 0.15) is 5.56 Å². The molecule has 0 aliphatic carbocycles. The quantitative estimate of drug-likeness (QED) is 0.897. The molecule has 1 amide bonds. The maximum absolute atomic E-state index is 12.5. The third-order valence-electron chi connectivity index (χ3n) is 1.80. The van der Waals surface area contributed by atoms with Crippen LogP contribution < -0.4 is 5.32 Å². The van der Waals surface area contributed by atoms with Crippen molar-refractivity contribution in [1.82, 2.24) is 0 Å². The maximum Gasteiger partial charge on any atom is 0.416 e. The standard InChI is InChI=1S/C10H9BrF3NO3/c11-7-3-6(10(12,13)14)4-8(5-7)15-9(17)18-2-1-16/h3-5,16H,1-2H2,(H,15,17). The third kappa shape index (κ3) is 4.53. The Morgan fingerprint density at radius 3 is 2.61 bits per heavy atom. The van der Waals surface area contributed by atoms with Gasteiger partial charge in [0.05, 0.1) is 12.2 Å². The highest BCUT2D eigenvalue weighted by molar-refractivity contribution is 9.10. The van der Waals surface area contributed by atoms with E-state index < -0.39 is 17.8 Å². The minimum absolute atomic E-state index is 0.0559. The molecule has 0 radical (unpaired) electrons. The van der Waals surface area contributed by atoms with E-state index >= 15 is 0 Å². The van der Waals surface area contributed by atoms with Gasteiger partial charge in [0.2, 0.25) is 0 Å². The van der Waals surface area contributed by atoms with Gasteiger partial charge < -0.3 is 9.84 Å². The number of ether oxygens (including phenoxy) is 1. The van der Waals surface area contributed by atoms with E-state index in [2.05, 4.69) is 26.0 Å². The SMILES string of the molecule is O=C(Nc1cc(Br)cc(C(F)(F)F)c1)OCCO. The molecule has 0 aromatic heterocycles. The Hall–Kier alpha value is -1.28. The first-order valence-corrected chi connectivity index (χ1v) is 5.54. The molecular formula is C10H9BrF3NO3. The third-order valence-corrected chi connectivity index (χ3v) is 2.25. The van der Waals surface area contributed by atoms with Gasteiger partial charge in [-0.2, -0.15) is 13.2 Å². The van der Waals surface area contributed by atoms with E-state index in [-0.39, 0.29) is 23.4 Å². The van der Waals surface area contributed by atoms with Crippen LogP contribution in [0.15, 0.2) is 22.7 Å². The van der Waals surface area contributed by atoms with Crippen molar-refractivity contribution >= 4 is 27.7 Å². The summed E-state index contributed by atoms with van der Waals surface area (Å²) in [7, 11) is 0. The van der Waals surface area contributed by atoms with Crippen LogP contribution in [-0.4, -0.2) is 24.4 Å². The predicted molar refractivity (Wildman–Crippen MR) is 61.2 cm³/mol. The van der Waals surface area contributed by atoms with Crippen LogP contribution in [0, 0.1) is 0 Å². The normalized spacial score (nSPS) is 11.2. The number of carbonyl (C=O) groups is 1. The zero-order chi connectivity index (χ0) is 13.8. The largest absolute Gasteiger partial charge is 0.447 e. The van der Waals surface area contributed by atoms with Crippen LogP contribution >= 0.6 is 15.9 Å². The Balaban J connectivity index is 2.84. The molecule has 0 saturated heterocycles. The molecule has 1 aromatic rings. The van der Waals surface area contributed by atoms with Gasteiger partial charge in [0.1, 0.15) is 6.61 Å². The summed E-state index contributed by atoms with van der Waals surface area (Å²) >= 11 is 2.92. The molecule has 0 unspecified atom stereocenters. The zero-order valence-electron chi connectivity index (χ0n) is 8.92. The molecule has 0 fully saturated rings. The van der Waals surface area contributed by atoms with Crippen LogP contribution in [0.2, 0.25) is 0 Å². The van der Waals surface area contributed by atoms with Crippen LogP contribution in [0.25, 0.3) is 0 Å². The predicted octanol–water partition coefficient (Wildman–Crippen LogP) is 3.01. The number of alkyl halides is 3. The number of benzene rings is 1. The minimum Gasteiger partial charge on any atom is -0.447 e. The highest BCUT2D eigenvalue weighted by Crippen LogP contribution is 2.33. The molecule has 0 saturated carbocycles. The molecule has 0 heterocycles. The number of anilines is 1. The van der Waals surface area contributed by atoms with Crippen molar-refractivity contribution in [2.24, 2.45) is 0 Å². The van der Waals surface area contributed by atoms with Gasteiger partial charge in [-0.3, -0.25) is 5.32 Å². The number of rotatable bonds is 3. The van der Waals surface area contributed by atoms with E-state index in [0.717, 1.165) is 12.1 Å². The lowest BCUT2D eigenvalue weighted by molar-refractivity contribution is -0.137. The molecule has 100 valence electrons. The first-order chi connectivity index (χ1) is 8.32. The van der Waals surface area contributed by atoms with Crippen molar-refractivity contribution in [3.05, 3.63) is 28.2 Å². The lowest BCUT2D eigenvalue weighted by Gasteiger charge is -2.11. The smallest absolute Gasteiger partial charge is 0.416 e. The first-order valence-electron chi connectivity index (χ1n) is 4.75. The second-order valence-electron chi connectivity index (χ2n) is 3.21. The van der Waals surface area contributed by atoms with Gasteiger partial charge in [0.15, 0.2) is 0 Å². The second kappa shape index (κ2) is 6.05. The number of hydrogen-bond acceptors (Lipinski definition) is 3. The molecule has 18 heavy (non-hydrogen) atoms. The van der Waals surface area contributed by atoms with E-state index in [1.54, 1.807) is 0 Å². The number of aliphatic hydroxyl groups excluding tert-OH is 1. The molecule has 4 nitrogen and oxygen atoms in total. The van der Waals surface area contributed by atoms with Gasteiger partial charge in [-0.25, -0.2) is 4.79 Å². The van der Waals surface area contributed by atoms with Crippen LogP contribution in [0.3, 0.4) is 0 Å². The molecule has 0 atom stereocenters. The molecule has 2 N–H and O–H groups in total. The topological polar surface area (TPSA) is 58.6 Å². The minimum atomic E-state index is -4.50. The number of aliphatic hydroxyl groups is 1. The Labute approximate surface area is 109 Å². The second-order valence-corrected chi connectivity index (χ2v) is 4.13. The molecule has 1 rings (SSSR count). The van der Waals surface area contributed by atoms with Crippen molar-refractivity contribution in [3.8, 4) is 0 Å². The average molecular weight is 328 g/mol. The Bertz CT molecular complexity index is 437. The molecule has 0 aliphatic rings. The summed E-state index contributed by atoms with van der Waals surface area (Å²) in [6.45, 7) is -0.592. The lowest BCUT2D eigenvalue weighted by Crippen LogP contribution is -2.16. The fourth-order valence-corrected chi connectivity index (χ4v) is 1.61. The number of halogens is 4. The van der Waals surface area contributed by atoms with Crippen molar-refractivity contribution < 1.29 is 27.8 Å². The Morgan fingerprint density at radius 2 is 2.06 bits per heavy atom. The van der Waals surface area contributed by atoms with E-state index in [0.29, 0.717) is 0 Å². The number of hydrogen-bond donors (Lipinski definition) is 2. The van der Waals surface area contributed by atoms with E-state index in [9.17, 15) is 18.0 Å². The molecule has 0 spiro atoms. The van der Waals surface area contributed by atoms with E-state index in [4.69, 9.17) is 5.11 Å². The average Bonchev–Trinajstić information content (AvgIpc) is 2.24. The molecule has 8 heteroatoms. The zero-order valence-corrected chi connectivity index (χ0v) is 10.5. The van der Waals surface area contributed by atoms with Crippen molar-refractivity contribution in [2.75, 3.05) is 18.5 Å². The van der Waals surface area contributed by atoms with Crippen LogP contribution in [0.5, 0.6) is 0 Å². The van der Waals surface area contributed by atoms with Gasteiger partial charge in [-0.05, 0) is 18.2 Å². The van der Waals surface area contributed by atoms with Crippen molar-refractivity contribution in [1.29, 1.82) is 0 Å². The van der Waals surface area contributed by atoms with Gasteiger partial charge >= 0.3 is 12.3 Å². The summed E-state index contributed by atoms with van der Waals surface area (Å²) in [6.07, 6.45) is -5.44. The van der Waals surface area contributed by atoms with Crippen LogP contribution in [0.4, 0.5) is 23.7 Å². The van der Waals surface area contributed by atoms with Crippen LogP contribution in [-0.2, 0) is 10.9 Å². The van der Waals surface area contributed by atoms with E-state index in [1.165, 1.54) is 6.07 Å². The fraction of sp³-hybridized carbons (Fsp3) is 0.300. The molecular weight excluding hydrogens is 319 g/mol. The van der Waals surface area contributed by atoms with Gasteiger partial charge in [-0.1, -0.05) is 15.9 Å². The molecule has 1 aromatic carbocycles. The highest BCUT2D eigenvalue weighted by Gasteiger charge is 2.31. The van der Waals surface area contributed by atoms with Gasteiger partial charge in [-0.15, -0.1) is 0 Å². The van der Waals surface area contributed by atoms with Crippen molar-refractivity contribution in [3.63, 3.8) is 0 Å². The Kier molecular flexibility index (Phi) is 4.97. The monoisotopic (exact) mass is 327 g/mol. The fourth-order valence-electron chi connectivity index (χ4n) is 1.12. The number of amides is 1. The van der Waals surface area contributed by atoms with Crippen molar-refractivity contribution in [2.45, 2.75) is 6.18 Å². The summed E-state index contributed by atoms with van der Waals surface area (Å²) in [5.74, 6) is 0. The molecule has 0 bridgehead atoms. The summed E-state index contributed by atoms with van der Waals surface area (Å²) < 4.78 is 42.1. The summed E-state index contributed by atoms with van der Waals surface area (Å²) in [5, 5.41) is 10.5. The number of nitrogens with one attached hydrogen (secondary N) is 1. The van der Waals surface area contributed by atoms with E-state index in [1.807, 2.05) is 0 Å². The summed E-state index contributed by atoms with van der Waals surface area (Å²) in [4.78, 5) is 11.1. The maximum atomic E-state index is 12.5. The van der Waals surface area contributed by atoms with Gasteiger partial charge in [0, 0.05) is 10.2 Å². The highest BCUT2D eigenvalue weighted by atomic mass is 79.9. The lowest BCUT2D eigenvalue weighted by atomic mass is 10.2.